The van der Waals surface area contributed by atoms with Crippen LogP contribution in [-0.4, -0.2) is 0 Å². The predicted octanol–water partition coefficient (Wildman–Crippen LogP) is 4.95. The van der Waals surface area contributed by atoms with Crippen molar-refractivity contribution in [2.24, 2.45) is 0 Å². The molecule has 106 valence electrons. The molecule has 0 heterocycles. The zero-order valence-electron chi connectivity index (χ0n) is 12.0. The van der Waals surface area contributed by atoms with Crippen molar-refractivity contribution in [3.63, 3.8) is 0 Å². The Morgan fingerprint density at radius 3 is 2.55 bits per heavy atom. The molecule has 0 spiro atoms. The number of hydrogen-bond acceptors (Lipinski definition) is 1. The van der Waals surface area contributed by atoms with Crippen LogP contribution in [0.4, 0.5) is 4.39 Å². The Morgan fingerprint density at radius 1 is 1.15 bits per heavy atom. The van der Waals surface area contributed by atoms with Crippen LogP contribution in [0.25, 0.3) is 0 Å². The maximum absolute atomic E-state index is 13.6. The minimum atomic E-state index is -0.162. The van der Waals surface area contributed by atoms with Crippen molar-refractivity contribution in [2.45, 2.75) is 33.4 Å². The second kappa shape index (κ2) is 6.38. The van der Waals surface area contributed by atoms with Gasteiger partial charge in [-0.2, -0.15) is 0 Å². The van der Waals surface area contributed by atoms with Crippen LogP contribution in [0.3, 0.4) is 0 Å². The van der Waals surface area contributed by atoms with Crippen molar-refractivity contribution in [2.75, 3.05) is 0 Å². The van der Waals surface area contributed by atoms with Crippen LogP contribution >= 0.6 is 11.6 Å². The second-order valence-corrected chi connectivity index (χ2v) is 5.61. The van der Waals surface area contributed by atoms with Gasteiger partial charge in [-0.05, 0) is 55.2 Å². The van der Waals surface area contributed by atoms with Crippen molar-refractivity contribution < 1.29 is 4.39 Å². The van der Waals surface area contributed by atoms with Crippen molar-refractivity contribution in [3.05, 3.63) is 69.5 Å². The van der Waals surface area contributed by atoms with Gasteiger partial charge in [-0.1, -0.05) is 35.9 Å². The van der Waals surface area contributed by atoms with Gasteiger partial charge in [0.25, 0.3) is 0 Å². The standard InChI is InChI=1S/C17H19ClFN/c1-11-4-6-15(16(18)8-11)10-20-13(3)14-7-5-12(2)17(19)9-14/h4-9,13,20H,10H2,1-3H3. The molecule has 2 aromatic rings. The molecule has 1 atom stereocenters. The third-order valence-corrected chi connectivity index (χ3v) is 3.86. The summed E-state index contributed by atoms with van der Waals surface area (Å²) in [6, 6.07) is 11.4. The Hall–Kier alpha value is -1.38. The second-order valence-electron chi connectivity index (χ2n) is 5.21. The summed E-state index contributed by atoms with van der Waals surface area (Å²) in [5, 5.41) is 4.13. The summed E-state index contributed by atoms with van der Waals surface area (Å²) in [5.41, 5.74) is 3.81. The van der Waals surface area contributed by atoms with Gasteiger partial charge in [0, 0.05) is 17.6 Å². The number of rotatable bonds is 4. The largest absolute Gasteiger partial charge is 0.306 e. The first-order chi connectivity index (χ1) is 9.47. The molecule has 0 bridgehead atoms. The van der Waals surface area contributed by atoms with Crippen LogP contribution < -0.4 is 5.32 Å². The summed E-state index contributed by atoms with van der Waals surface area (Å²) in [7, 11) is 0. The van der Waals surface area contributed by atoms with Gasteiger partial charge in [0.2, 0.25) is 0 Å². The zero-order chi connectivity index (χ0) is 14.7. The molecule has 0 aliphatic carbocycles. The van der Waals surface area contributed by atoms with Gasteiger partial charge in [-0.3, -0.25) is 0 Å². The summed E-state index contributed by atoms with van der Waals surface area (Å²) in [5.74, 6) is -0.162. The van der Waals surface area contributed by atoms with E-state index in [4.69, 9.17) is 11.6 Å². The quantitative estimate of drug-likeness (QED) is 0.841. The molecule has 0 saturated carbocycles. The monoisotopic (exact) mass is 291 g/mol. The lowest BCUT2D eigenvalue weighted by molar-refractivity contribution is 0.563. The number of hydrogen-bond donors (Lipinski definition) is 1. The molecule has 1 unspecified atom stereocenters. The van der Waals surface area contributed by atoms with E-state index < -0.39 is 0 Å². The molecular weight excluding hydrogens is 273 g/mol. The van der Waals surface area contributed by atoms with E-state index in [0.717, 1.165) is 21.7 Å². The van der Waals surface area contributed by atoms with Gasteiger partial charge in [0.1, 0.15) is 5.82 Å². The van der Waals surface area contributed by atoms with E-state index in [1.807, 2.05) is 44.2 Å². The van der Waals surface area contributed by atoms with Gasteiger partial charge in [-0.25, -0.2) is 4.39 Å². The molecule has 2 aromatic carbocycles. The molecule has 0 radical (unpaired) electrons. The number of benzene rings is 2. The minimum absolute atomic E-state index is 0.0717. The lowest BCUT2D eigenvalue weighted by atomic mass is 10.1. The third-order valence-electron chi connectivity index (χ3n) is 3.50. The van der Waals surface area contributed by atoms with Crippen LogP contribution in [0.1, 0.15) is 35.2 Å². The predicted molar refractivity (Wildman–Crippen MR) is 82.6 cm³/mol. The maximum atomic E-state index is 13.6. The summed E-state index contributed by atoms with van der Waals surface area (Å²) in [6.45, 7) is 6.46. The van der Waals surface area contributed by atoms with Gasteiger partial charge in [0.05, 0.1) is 0 Å². The topological polar surface area (TPSA) is 12.0 Å². The number of halogens is 2. The fraction of sp³-hybridized carbons (Fsp3) is 0.294. The summed E-state index contributed by atoms with van der Waals surface area (Å²) in [4.78, 5) is 0. The highest BCUT2D eigenvalue weighted by Crippen LogP contribution is 2.20. The van der Waals surface area contributed by atoms with Crippen molar-refractivity contribution in [1.82, 2.24) is 5.32 Å². The Labute approximate surface area is 124 Å². The molecule has 20 heavy (non-hydrogen) atoms. The Balaban J connectivity index is 2.04. The van der Waals surface area contributed by atoms with Crippen molar-refractivity contribution >= 4 is 11.6 Å². The fourth-order valence-corrected chi connectivity index (χ4v) is 2.36. The van der Waals surface area contributed by atoms with Crippen LogP contribution in [0.15, 0.2) is 36.4 Å². The molecule has 0 aliphatic rings. The van der Waals surface area contributed by atoms with E-state index in [2.05, 4.69) is 5.32 Å². The maximum Gasteiger partial charge on any atom is 0.126 e. The Bertz CT molecular complexity index is 610. The first kappa shape index (κ1) is 15.0. The van der Waals surface area contributed by atoms with Gasteiger partial charge in [0.15, 0.2) is 0 Å². The fourth-order valence-electron chi connectivity index (χ4n) is 2.06. The van der Waals surface area contributed by atoms with Crippen molar-refractivity contribution in [3.8, 4) is 0 Å². The highest BCUT2D eigenvalue weighted by Gasteiger charge is 2.08. The van der Waals surface area contributed by atoms with Crippen LogP contribution in [0.2, 0.25) is 5.02 Å². The summed E-state index contributed by atoms with van der Waals surface area (Å²) < 4.78 is 13.6. The third kappa shape index (κ3) is 3.59. The SMILES string of the molecule is Cc1ccc(CNC(C)c2ccc(C)c(F)c2)c(Cl)c1. The molecule has 3 heteroatoms. The highest BCUT2D eigenvalue weighted by atomic mass is 35.5. The Morgan fingerprint density at radius 2 is 1.90 bits per heavy atom. The summed E-state index contributed by atoms with van der Waals surface area (Å²) >= 11 is 6.20. The number of nitrogens with one attached hydrogen (secondary N) is 1. The van der Waals surface area contributed by atoms with Crippen LogP contribution in [0, 0.1) is 19.7 Å². The van der Waals surface area contributed by atoms with Gasteiger partial charge < -0.3 is 5.32 Å². The van der Waals surface area contributed by atoms with Crippen molar-refractivity contribution in [1.29, 1.82) is 0 Å². The van der Waals surface area contributed by atoms with E-state index >= 15 is 0 Å². The van der Waals surface area contributed by atoms with E-state index in [1.165, 1.54) is 0 Å². The van der Waals surface area contributed by atoms with E-state index in [1.54, 1.807) is 13.0 Å². The minimum Gasteiger partial charge on any atom is -0.306 e. The number of aryl methyl sites for hydroxylation is 2. The highest BCUT2D eigenvalue weighted by molar-refractivity contribution is 6.31. The normalized spacial score (nSPS) is 12.4. The zero-order valence-corrected chi connectivity index (χ0v) is 12.8. The molecule has 0 aliphatic heterocycles. The average molecular weight is 292 g/mol. The molecular formula is C17H19ClFN. The molecule has 0 fully saturated rings. The van der Waals surface area contributed by atoms with Crippen LogP contribution in [-0.2, 0) is 6.54 Å². The molecule has 0 amide bonds. The van der Waals surface area contributed by atoms with Gasteiger partial charge in [-0.15, -0.1) is 0 Å². The first-order valence-corrected chi connectivity index (χ1v) is 7.09. The van der Waals surface area contributed by atoms with Crippen LogP contribution in [0.5, 0.6) is 0 Å². The van der Waals surface area contributed by atoms with E-state index in [-0.39, 0.29) is 11.9 Å². The van der Waals surface area contributed by atoms with E-state index in [9.17, 15) is 4.39 Å². The molecule has 1 nitrogen and oxygen atoms in total. The molecule has 2 rings (SSSR count). The van der Waals surface area contributed by atoms with E-state index in [0.29, 0.717) is 12.1 Å². The Kier molecular flexibility index (Phi) is 4.79. The summed E-state index contributed by atoms with van der Waals surface area (Å²) in [6.07, 6.45) is 0. The molecule has 0 aromatic heterocycles. The first-order valence-electron chi connectivity index (χ1n) is 6.72. The lowest BCUT2D eigenvalue weighted by Gasteiger charge is -2.16. The molecule has 1 N–H and O–H groups in total. The molecule has 0 saturated heterocycles. The van der Waals surface area contributed by atoms with Gasteiger partial charge >= 0.3 is 0 Å². The average Bonchev–Trinajstić information content (AvgIpc) is 2.40. The smallest absolute Gasteiger partial charge is 0.126 e. The lowest BCUT2D eigenvalue weighted by Crippen LogP contribution is -2.18.